The summed E-state index contributed by atoms with van der Waals surface area (Å²) in [4.78, 5) is 2.19. The van der Waals surface area contributed by atoms with Crippen molar-refractivity contribution < 1.29 is 5.11 Å². The predicted molar refractivity (Wildman–Crippen MR) is 91.8 cm³/mol. The van der Waals surface area contributed by atoms with Crippen LogP contribution in [0.4, 0.5) is 0 Å². The molecule has 2 aromatic rings. The van der Waals surface area contributed by atoms with Crippen molar-refractivity contribution in [1.29, 1.82) is 0 Å². The minimum Gasteiger partial charge on any atom is -0.388 e. The van der Waals surface area contributed by atoms with Gasteiger partial charge in [0.05, 0.1) is 6.10 Å². The number of rotatable bonds is 3. The number of hydrogen-bond donors (Lipinski definition) is 1. The lowest BCUT2D eigenvalue weighted by atomic mass is 9.93. The van der Waals surface area contributed by atoms with E-state index in [-0.39, 0.29) is 0 Å². The first kappa shape index (κ1) is 15.0. The lowest BCUT2D eigenvalue weighted by Gasteiger charge is -2.14. The monoisotopic (exact) mass is 293 g/mol. The van der Waals surface area contributed by atoms with E-state index in [1.165, 1.54) is 22.3 Å². The van der Waals surface area contributed by atoms with Crippen LogP contribution < -0.4 is 0 Å². The average molecular weight is 293 g/mol. The van der Waals surface area contributed by atoms with E-state index >= 15 is 0 Å². The van der Waals surface area contributed by atoms with Crippen molar-refractivity contribution in [2.24, 2.45) is 0 Å². The fourth-order valence-corrected chi connectivity index (χ4v) is 3.14. The molecular weight excluding hydrogens is 270 g/mol. The van der Waals surface area contributed by atoms with Gasteiger partial charge in [-0.1, -0.05) is 54.6 Å². The van der Waals surface area contributed by atoms with Crippen LogP contribution in [-0.2, 0) is 6.42 Å². The third-order valence-corrected chi connectivity index (χ3v) is 4.26. The third-order valence-electron chi connectivity index (χ3n) is 4.26. The van der Waals surface area contributed by atoms with Crippen molar-refractivity contribution in [2.45, 2.75) is 18.9 Å². The molecule has 0 fully saturated rings. The van der Waals surface area contributed by atoms with Crippen molar-refractivity contribution in [3.63, 3.8) is 0 Å². The summed E-state index contributed by atoms with van der Waals surface area (Å²) in [5.74, 6) is 0. The van der Waals surface area contributed by atoms with E-state index in [4.69, 9.17) is 0 Å². The van der Waals surface area contributed by atoms with Gasteiger partial charge in [0.25, 0.3) is 0 Å². The zero-order valence-corrected chi connectivity index (χ0v) is 13.3. The van der Waals surface area contributed by atoms with E-state index in [0.29, 0.717) is 6.42 Å². The molecule has 2 nitrogen and oxygen atoms in total. The SMILES string of the molecule is CN(C)CCC=C1c2ccccc2C[C@H](O)c2ccccc21. The normalized spacial score (nSPS) is 18.9. The lowest BCUT2D eigenvalue weighted by molar-refractivity contribution is 0.179. The fourth-order valence-electron chi connectivity index (χ4n) is 3.14. The molecule has 0 spiro atoms. The van der Waals surface area contributed by atoms with Gasteiger partial charge in [-0.3, -0.25) is 0 Å². The minimum absolute atomic E-state index is 0.433. The van der Waals surface area contributed by atoms with Crippen LogP contribution >= 0.6 is 0 Å². The van der Waals surface area contributed by atoms with Crippen molar-refractivity contribution in [1.82, 2.24) is 4.90 Å². The molecule has 114 valence electrons. The number of benzene rings is 2. The average Bonchev–Trinajstić information content (AvgIpc) is 2.63. The van der Waals surface area contributed by atoms with Crippen LogP contribution in [-0.4, -0.2) is 30.6 Å². The molecule has 0 saturated carbocycles. The maximum absolute atomic E-state index is 10.6. The first-order chi connectivity index (χ1) is 10.7. The van der Waals surface area contributed by atoms with Crippen molar-refractivity contribution >= 4 is 5.57 Å². The van der Waals surface area contributed by atoms with E-state index in [9.17, 15) is 5.11 Å². The zero-order chi connectivity index (χ0) is 15.5. The molecular formula is C20H23NO. The Morgan fingerprint density at radius 2 is 1.73 bits per heavy atom. The van der Waals surface area contributed by atoms with Gasteiger partial charge in [-0.2, -0.15) is 0 Å². The number of nitrogens with zero attached hydrogens (tertiary/aromatic N) is 1. The van der Waals surface area contributed by atoms with E-state index in [0.717, 1.165) is 18.5 Å². The Labute approximate surface area is 132 Å². The van der Waals surface area contributed by atoms with Gasteiger partial charge in [0.1, 0.15) is 0 Å². The standard InChI is InChI=1S/C20H23NO/c1-21(2)13-7-12-17-16-9-4-3-8-15(16)14-20(22)19-11-6-5-10-18(17)19/h3-6,8-12,20,22H,7,13-14H2,1-2H3/t20-/m0/s1. The van der Waals surface area contributed by atoms with Gasteiger partial charge in [-0.15, -0.1) is 0 Å². The second-order valence-corrected chi connectivity index (χ2v) is 6.17. The number of hydrogen-bond acceptors (Lipinski definition) is 2. The highest BCUT2D eigenvalue weighted by molar-refractivity contribution is 5.84. The number of aliphatic hydroxyl groups is 1. The van der Waals surface area contributed by atoms with E-state index < -0.39 is 6.10 Å². The maximum atomic E-state index is 10.6. The Bertz CT molecular complexity index is 688. The molecule has 3 rings (SSSR count). The van der Waals surface area contributed by atoms with Crippen molar-refractivity contribution in [2.75, 3.05) is 20.6 Å². The van der Waals surface area contributed by atoms with Crippen LogP contribution in [0.1, 0.15) is 34.8 Å². The molecule has 1 aliphatic rings. The zero-order valence-electron chi connectivity index (χ0n) is 13.3. The molecule has 1 N–H and O–H groups in total. The van der Waals surface area contributed by atoms with Crippen LogP contribution in [0.3, 0.4) is 0 Å². The largest absolute Gasteiger partial charge is 0.388 e. The molecule has 1 atom stereocenters. The lowest BCUT2D eigenvalue weighted by Crippen LogP contribution is -2.12. The van der Waals surface area contributed by atoms with Crippen LogP contribution in [0.5, 0.6) is 0 Å². The smallest absolute Gasteiger partial charge is 0.0836 e. The van der Waals surface area contributed by atoms with Crippen LogP contribution in [0.15, 0.2) is 54.6 Å². The van der Waals surface area contributed by atoms with Crippen molar-refractivity contribution in [3.05, 3.63) is 76.9 Å². The molecule has 0 saturated heterocycles. The van der Waals surface area contributed by atoms with Gasteiger partial charge in [0, 0.05) is 13.0 Å². The van der Waals surface area contributed by atoms with Crippen LogP contribution in [0, 0.1) is 0 Å². The number of fused-ring (bicyclic) bond motifs is 2. The predicted octanol–water partition coefficient (Wildman–Crippen LogP) is 3.66. The second kappa shape index (κ2) is 6.47. The molecule has 1 aliphatic carbocycles. The van der Waals surface area contributed by atoms with Gasteiger partial charge in [0.2, 0.25) is 0 Å². The summed E-state index contributed by atoms with van der Waals surface area (Å²) in [6.07, 6.45) is 3.56. The van der Waals surface area contributed by atoms with Gasteiger partial charge < -0.3 is 10.0 Å². The van der Waals surface area contributed by atoms with Gasteiger partial charge in [-0.05, 0) is 48.3 Å². The topological polar surface area (TPSA) is 23.5 Å². The Morgan fingerprint density at radius 1 is 1.05 bits per heavy atom. The van der Waals surface area contributed by atoms with E-state index in [1.54, 1.807) is 0 Å². The highest BCUT2D eigenvalue weighted by Crippen LogP contribution is 2.37. The Hall–Kier alpha value is -1.90. The van der Waals surface area contributed by atoms with Gasteiger partial charge in [0.15, 0.2) is 0 Å². The number of aliphatic hydroxyl groups excluding tert-OH is 1. The molecule has 0 heterocycles. The van der Waals surface area contributed by atoms with E-state index in [2.05, 4.69) is 61.5 Å². The molecule has 2 heteroatoms. The molecule has 0 bridgehead atoms. The van der Waals surface area contributed by atoms with Crippen LogP contribution in [0.2, 0.25) is 0 Å². The first-order valence-corrected chi connectivity index (χ1v) is 7.87. The fraction of sp³-hybridized carbons (Fsp3) is 0.300. The first-order valence-electron chi connectivity index (χ1n) is 7.87. The molecule has 0 aliphatic heterocycles. The van der Waals surface area contributed by atoms with Crippen LogP contribution in [0.25, 0.3) is 5.57 Å². The highest BCUT2D eigenvalue weighted by Gasteiger charge is 2.22. The summed E-state index contributed by atoms with van der Waals surface area (Å²) in [6, 6.07) is 16.7. The summed E-state index contributed by atoms with van der Waals surface area (Å²) in [5, 5.41) is 10.6. The molecule has 0 amide bonds. The Balaban J connectivity index is 2.11. The highest BCUT2D eigenvalue weighted by atomic mass is 16.3. The summed E-state index contributed by atoms with van der Waals surface area (Å²) < 4.78 is 0. The summed E-state index contributed by atoms with van der Waals surface area (Å²) in [5.41, 5.74) is 5.94. The van der Waals surface area contributed by atoms with Gasteiger partial charge in [-0.25, -0.2) is 0 Å². The maximum Gasteiger partial charge on any atom is 0.0836 e. The quantitative estimate of drug-likeness (QED) is 0.933. The molecule has 2 aromatic carbocycles. The molecule has 0 radical (unpaired) electrons. The molecule has 22 heavy (non-hydrogen) atoms. The molecule has 0 aromatic heterocycles. The van der Waals surface area contributed by atoms with E-state index in [1.807, 2.05) is 12.1 Å². The van der Waals surface area contributed by atoms with Crippen molar-refractivity contribution in [3.8, 4) is 0 Å². The van der Waals surface area contributed by atoms with Gasteiger partial charge >= 0.3 is 0 Å². The Kier molecular flexibility index (Phi) is 4.41. The Morgan fingerprint density at radius 3 is 2.50 bits per heavy atom. The summed E-state index contributed by atoms with van der Waals surface area (Å²) in [7, 11) is 4.19. The minimum atomic E-state index is -0.433. The summed E-state index contributed by atoms with van der Waals surface area (Å²) >= 11 is 0. The molecule has 0 unspecified atom stereocenters. The second-order valence-electron chi connectivity index (χ2n) is 6.17. The summed E-state index contributed by atoms with van der Waals surface area (Å²) in [6.45, 7) is 1.02. The third kappa shape index (κ3) is 2.99.